The molecule has 1 fully saturated rings. The Hall–Kier alpha value is -2.58. The third-order valence-electron chi connectivity index (χ3n) is 4.38. The second kappa shape index (κ2) is 6.62. The van der Waals surface area contributed by atoms with Crippen LogP contribution < -0.4 is 9.64 Å². The molecule has 0 aromatic heterocycles. The number of amides is 1. The molecule has 1 atom stereocenters. The highest BCUT2D eigenvalue weighted by Gasteiger charge is 2.35. The van der Waals surface area contributed by atoms with E-state index in [0.717, 1.165) is 12.1 Å². The molecule has 0 bridgehead atoms. The van der Waals surface area contributed by atoms with Crippen LogP contribution in [0.4, 0.5) is 20.6 Å². The molecule has 0 saturated carbocycles. The minimum absolute atomic E-state index is 0.0709. The van der Waals surface area contributed by atoms with E-state index in [9.17, 15) is 19.3 Å². The Morgan fingerprint density at radius 1 is 1.38 bits per heavy atom. The molecule has 0 N–H and O–H groups in total. The summed E-state index contributed by atoms with van der Waals surface area (Å²) >= 11 is 0. The number of anilines is 1. The van der Waals surface area contributed by atoms with Crippen molar-refractivity contribution in [2.45, 2.75) is 38.8 Å². The van der Waals surface area contributed by atoms with Gasteiger partial charge in [0, 0.05) is 32.1 Å². The van der Waals surface area contributed by atoms with Crippen LogP contribution in [0.15, 0.2) is 12.1 Å². The van der Waals surface area contributed by atoms with Crippen molar-refractivity contribution in [1.82, 2.24) is 4.90 Å². The quantitative estimate of drug-likeness (QED) is 0.560. The van der Waals surface area contributed by atoms with Crippen LogP contribution in [0.5, 0.6) is 5.75 Å². The van der Waals surface area contributed by atoms with Gasteiger partial charge < -0.3 is 19.3 Å². The molecule has 2 heterocycles. The third kappa shape index (κ3) is 3.66. The molecular formula is C17H22FN3O5. The number of nitrogens with zero attached hydrogens (tertiary/aromatic N) is 3. The van der Waals surface area contributed by atoms with E-state index in [1.807, 2.05) is 25.7 Å². The average Bonchev–Trinajstić information content (AvgIpc) is 2.70. The Balaban J connectivity index is 1.82. The molecule has 8 nitrogen and oxygen atoms in total. The number of carbonyl (C=O) groups excluding carboxylic acids is 1. The number of rotatable bonds is 1. The summed E-state index contributed by atoms with van der Waals surface area (Å²) in [6, 6.07) is 2.21. The minimum Gasteiger partial charge on any atom is -0.491 e. The number of nitro groups is 1. The third-order valence-corrected chi connectivity index (χ3v) is 4.38. The summed E-state index contributed by atoms with van der Waals surface area (Å²) in [6.45, 7) is 7.09. The lowest BCUT2D eigenvalue weighted by Crippen LogP contribution is -2.55. The van der Waals surface area contributed by atoms with Crippen molar-refractivity contribution in [3.63, 3.8) is 0 Å². The number of piperazine rings is 1. The van der Waals surface area contributed by atoms with Crippen LogP contribution in [-0.2, 0) is 4.74 Å². The van der Waals surface area contributed by atoms with Crippen molar-refractivity contribution in [3.8, 4) is 5.75 Å². The van der Waals surface area contributed by atoms with Crippen LogP contribution >= 0.6 is 0 Å². The molecule has 142 valence electrons. The van der Waals surface area contributed by atoms with E-state index in [0.29, 0.717) is 44.1 Å². The van der Waals surface area contributed by atoms with Crippen LogP contribution in [0.25, 0.3) is 0 Å². The lowest BCUT2D eigenvalue weighted by atomic mass is 10.1. The van der Waals surface area contributed by atoms with E-state index in [2.05, 4.69) is 0 Å². The summed E-state index contributed by atoms with van der Waals surface area (Å²) in [7, 11) is 0. The lowest BCUT2D eigenvalue weighted by Gasteiger charge is -2.41. The van der Waals surface area contributed by atoms with Crippen molar-refractivity contribution < 1.29 is 23.6 Å². The summed E-state index contributed by atoms with van der Waals surface area (Å²) in [4.78, 5) is 26.1. The predicted molar refractivity (Wildman–Crippen MR) is 92.1 cm³/mol. The molecule has 1 aromatic carbocycles. The SMILES string of the molecule is CC(C)(C)OC(=O)N1CCN2c3cc(F)c([N+](=O)[O-])cc3OCC[C@H]2C1. The number of hydrogen-bond acceptors (Lipinski definition) is 6. The maximum Gasteiger partial charge on any atom is 0.410 e. The lowest BCUT2D eigenvalue weighted by molar-refractivity contribution is -0.387. The van der Waals surface area contributed by atoms with Gasteiger partial charge in [-0.2, -0.15) is 4.39 Å². The largest absolute Gasteiger partial charge is 0.491 e. The number of carbonyl (C=O) groups is 1. The Bertz CT molecular complexity index is 734. The fourth-order valence-electron chi connectivity index (χ4n) is 3.23. The Kier molecular flexibility index (Phi) is 4.64. The van der Waals surface area contributed by atoms with Crippen LogP contribution in [0.2, 0.25) is 0 Å². The van der Waals surface area contributed by atoms with Gasteiger partial charge >= 0.3 is 11.8 Å². The zero-order valence-electron chi connectivity index (χ0n) is 15.0. The van der Waals surface area contributed by atoms with Gasteiger partial charge in [0.05, 0.1) is 29.3 Å². The minimum atomic E-state index is -0.896. The fourth-order valence-corrected chi connectivity index (χ4v) is 3.23. The van der Waals surface area contributed by atoms with Crippen LogP contribution in [0.3, 0.4) is 0 Å². The van der Waals surface area contributed by atoms with Crippen molar-refractivity contribution >= 4 is 17.5 Å². The van der Waals surface area contributed by atoms with Crippen molar-refractivity contribution in [3.05, 3.63) is 28.1 Å². The Labute approximate surface area is 150 Å². The smallest absolute Gasteiger partial charge is 0.410 e. The van der Waals surface area contributed by atoms with Gasteiger partial charge in [-0.25, -0.2) is 4.79 Å². The zero-order chi connectivity index (χ0) is 19.1. The van der Waals surface area contributed by atoms with Gasteiger partial charge in [-0.15, -0.1) is 0 Å². The van der Waals surface area contributed by atoms with Crippen molar-refractivity contribution in [1.29, 1.82) is 0 Å². The molecule has 2 aliphatic rings. The van der Waals surface area contributed by atoms with E-state index in [-0.39, 0.29) is 12.1 Å². The number of halogens is 1. The first kappa shape index (κ1) is 18.2. The average molecular weight is 367 g/mol. The van der Waals surface area contributed by atoms with Gasteiger partial charge in [0.15, 0.2) is 0 Å². The van der Waals surface area contributed by atoms with Crippen LogP contribution in [-0.4, -0.2) is 53.8 Å². The standard InChI is InChI=1S/C17H22FN3O5/c1-17(2,3)26-16(22)19-5-6-20-11(10-19)4-7-25-15-9-13(21(23)24)12(18)8-14(15)20/h8-9,11H,4-7,10H2,1-3H3/t11-/m0/s1. The second-order valence-electron chi connectivity index (χ2n) is 7.44. The first-order valence-corrected chi connectivity index (χ1v) is 8.51. The fraction of sp³-hybridized carbons (Fsp3) is 0.588. The molecule has 0 spiro atoms. The van der Waals surface area contributed by atoms with Gasteiger partial charge in [0.1, 0.15) is 11.4 Å². The number of benzene rings is 1. The monoisotopic (exact) mass is 367 g/mol. The van der Waals surface area contributed by atoms with E-state index in [4.69, 9.17) is 9.47 Å². The van der Waals surface area contributed by atoms with Gasteiger partial charge in [0.25, 0.3) is 0 Å². The highest BCUT2D eigenvalue weighted by atomic mass is 19.1. The summed E-state index contributed by atoms with van der Waals surface area (Å²) in [5.41, 5.74) is -0.691. The molecule has 2 aliphatic heterocycles. The summed E-state index contributed by atoms with van der Waals surface area (Å²) < 4.78 is 25.1. The van der Waals surface area contributed by atoms with Crippen LogP contribution in [0, 0.1) is 15.9 Å². The highest BCUT2D eigenvalue weighted by Crippen LogP contribution is 2.39. The van der Waals surface area contributed by atoms with E-state index < -0.39 is 22.0 Å². The van der Waals surface area contributed by atoms with Gasteiger partial charge in [-0.1, -0.05) is 0 Å². The number of nitro benzene ring substituents is 1. The maximum absolute atomic E-state index is 14.1. The number of hydrogen-bond donors (Lipinski definition) is 0. The Morgan fingerprint density at radius 3 is 2.77 bits per heavy atom. The van der Waals surface area contributed by atoms with E-state index >= 15 is 0 Å². The molecule has 9 heteroatoms. The summed E-state index contributed by atoms with van der Waals surface area (Å²) in [5, 5.41) is 10.9. The summed E-state index contributed by atoms with van der Waals surface area (Å²) in [6.07, 6.45) is 0.237. The van der Waals surface area contributed by atoms with E-state index in [1.165, 1.54) is 0 Å². The van der Waals surface area contributed by atoms with Crippen molar-refractivity contribution in [2.75, 3.05) is 31.1 Å². The number of fused-ring (bicyclic) bond motifs is 3. The maximum atomic E-state index is 14.1. The second-order valence-corrected chi connectivity index (χ2v) is 7.44. The zero-order valence-corrected chi connectivity index (χ0v) is 15.0. The van der Waals surface area contributed by atoms with Crippen LogP contribution in [0.1, 0.15) is 27.2 Å². The number of ether oxygens (including phenoxy) is 2. The first-order chi connectivity index (χ1) is 12.2. The topological polar surface area (TPSA) is 85.2 Å². The molecule has 1 saturated heterocycles. The normalized spacial score (nSPS) is 19.8. The molecule has 1 aromatic rings. The van der Waals surface area contributed by atoms with Crippen molar-refractivity contribution in [2.24, 2.45) is 0 Å². The molecule has 26 heavy (non-hydrogen) atoms. The molecular weight excluding hydrogens is 345 g/mol. The Morgan fingerprint density at radius 2 is 2.12 bits per heavy atom. The van der Waals surface area contributed by atoms with Gasteiger partial charge in [-0.3, -0.25) is 10.1 Å². The van der Waals surface area contributed by atoms with Gasteiger partial charge in [0.2, 0.25) is 5.82 Å². The first-order valence-electron chi connectivity index (χ1n) is 8.51. The molecule has 0 radical (unpaired) electrons. The van der Waals surface area contributed by atoms with E-state index in [1.54, 1.807) is 4.90 Å². The molecule has 1 amide bonds. The summed E-state index contributed by atoms with van der Waals surface area (Å²) in [5.74, 6) is -0.598. The predicted octanol–water partition coefficient (Wildman–Crippen LogP) is 2.94. The molecule has 3 rings (SSSR count). The van der Waals surface area contributed by atoms with Gasteiger partial charge in [-0.05, 0) is 20.8 Å². The molecule has 0 aliphatic carbocycles. The highest BCUT2D eigenvalue weighted by molar-refractivity contribution is 5.70. The molecule has 0 unspecified atom stereocenters.